The number of aromatic nitrogens is 2. The minimum atomic E-state index is -0.766. The first-order valence-electron chi connectivity index (χ1n) is 7.73. The van der Waals surface area contributed by atoms with Crippen LogP contribution in [0.3, 0.4) is 0 Å². The smallest absolute Gasteiger partial charge is 0.232 e. The summed E-state index contributed by atoms with van der Waals surface area (Å²) >= 11 is 0. The van der Waals surface area contributed by atoms with Crippen LogP contribution in [0.2, 0.25) is 0 Å². The number of anilines is 1. The maximum atomic E-state index is 13.9. The van der Waals surface area contributed by atoms with Crippen LogP contribution in [-0.4, -0.2) is 35.7 Å². The Bertz CT molecular complexity index is 755. The number of halogens is 3. The van der Waals surface area contributed by atoms with Gasteiger partial charge < -0.3 is 14.7 Å². The maximum absolute atomic E-state index is 13.9. The molecule has 136 valence electrons. The number of rotatable bonds is 5. The first-order chi connectivity index (χ1) is 11.5. The standard InChI is InChI=1S/C16H18F2N4O2.ClH/c1-9(19-2)5-14-20-16(24-21-14)10-6-15(23)22(8-10)13-4-3-11(17)7-12(13)18;/h3-4,7,9-10,19H,5-6,8H2,1-2H3;1H. The molecular formula is C16H19ClF2N4O2. The second kappa shape index (κ2) is 7.88. The van der Waals surface area contributed by atoms with E-state index in [1.807, 2.05) is 14.0 Å². The van der Waals surface area contributed by atoms with Crippen molar-refractivity contribution in [1.29, 1.82) is 0 Å². The van der Waals surface area contributed by atoms with Crippen LogP contribution in [-0.2, 0) is 11.2 Å². The molecule has 1 aliphatic heterocycles. The Balaban J connectivity index is 0.00000225. The van der Waals surface area contributed by atoms with Crippen molar-refractivity contribution < 1.29 is 18.1 Å². The summed E-state index contributed by atoms with van der Waals surface area (Å²) < 4.78 is 32.2. The van der Waals surface area contributed by atoms with Crippen molar-refractivity contribution in [2.45, 2.75) is 31.7 Å². The molecule has 2 aromatic rings. The number of hydrogen-bond donors (Lipinski definition) is 1. The van der Waals surface area contributed by atoms with Crippen LogP contribution in [0.4, 0.5) is 14.5 Å². The van der Waals surface area contributed by atoms with Crippen molar-refractivity contribution in [3.8, 4) is 0 Å². The van der Waals surface area contributed by atoms with Crippen molar-refractivity contribution in [2.75, 3.05) is 18.5 Å². The highest BCUT2D eigenvalue weighted by Gasteiger charge is 2.36. The summed E-state index contributed by atoms with van der Waals surface area (Å²) in [6.45, 7) is 2.22. The van der Waals surface area contributed by atoms with E-state index in [0.717, 1.165) is 12.1 Å². The van der Waals surface area contributed by atoms with Crippen molar-refractivity contribution in [1.82, 2.24) is 15.5 Å². The van der Waals surface area contributed by atoms with Crippen LogP contribution in [0.5, 0.6) is 0 Å². The van der Waals surface area contributed by atoms with E-state index in [1.165, 1.54) is 11.0 Å². The van der Waals surface area contributed by atoms with Gasteiger partial charge in [-0.2, -0.15) is 4.98 Å². The summed E-state index contributed by atoms with van der Waals surface area (Å²) in [5.74, 6) is -1.07. The number of amides is 1. The minimum absolute atomic E-state index is 0. The number of carbonyl (C=O) groups is 1. The number of likely N-dealkylation sites (N-methyl/N-ethyl adjacent to an activating group) is 1. The fourth-order valence-corrected chi connectivity index (χ4v) is 2.70. The normalized spacial score (nSPS) is 18.3. The van der Waals surface area contributed by atoms with Gasteiger partial charge in [0.25, 0.3) is 0 Å². The Labute approximate surface area is 150 Å². The molecule has 0 radical (unpaired) electrons. The maximum Gasteiger partial charge on any atom is 0.232 e. The van der Waals surface area contributed by atoms with Gasteiger partial charge in [-0.3, -0.25) is 4.79 Å². The topological polar surface area (TPSA) is 71.3 Å². The highest BCUT2D eigenvalue weighted by molar-refractivity contribution is 5.96. The van der Waals surface area contributed by atoms with Gasteiger partial charge in [-0.15, -0.1) is 12.4 Å². The molecule has 1 N–H and O–H groups in total. The van der Waals surface area contributed by atoms with E-state index in [-0.39, 0.29) is 48.9 Å². The van der Waals surface area contributed by atoms with E-state index in [9.17, 15) is 13.6 Å². The highest BCUT2D eigenvalue weighted by atomic mass is 35.5. The molecular weight excluding hydrogens is 354 g/mol. The largest absolute Gasteiger partial charge is 0.339 e. The number of nitrogens with zero attached hydrogens (tertiary/aromatic N) is 3. The van der Waals surface area contributed by atoms with Gasteiger partial charge in [0.2, 0.25) is 11.8 Å². The monoisotopic (exact) mass is 372 g/mol. The SMILES string of the molecule is CNC(C)Cc1noc(C2CC(=O)N(c3ccc(F)cc3F)C2)n1.Cl. The first-order valence-corrected chi connectivity index (χ1v) is 7.73. The van der Waals surface area contributed by atoms with Crippen molar-refractivity contribution in [3.63, 3.8) is 0 Å². The molecule has 3 rings (SSSR count). The first kappa shape index (κ1) is 19.3. The summed E-state index contributed by atoms with van der Waals surface area (Å²) in [5.41, 5.74) is 0.0624. The molecule has 25 heavy (non-hydrogen) atoms. The molecule has 1 saturated heterocycles. The van der Waals surface area contributed by atoms with Crippen LogP contribution in [0.25, 0.3) is 0 Å². The van der Waals surface area contributed by atoms with Crippen LogP contribution in [0.15, 0.2) is 22.7 Å². The van der Waals surface area contributed by atoms with Crippen molar-refractivity contribution >= 4 is 24.0 Å². The molecule has 6 nitrogen and oxygen atoms in total. The third kappa shape index (κ3) is 4.13. The Kier molecular flexibility index (Phi) is 6.07. The molecule has 2 heterocycles. The quantitative estimate of drug-likeness (QED) is 0.872. The predicted octanol–water partition coefficient (Wildman–Crippen LogP) is 2.44. The summed E-state index contributed by atoms with van der Waals surface area (Å²) in [4.78, 5) is 17.8. The molecule has 0 bridgehead atoms. The molecule has 1 amide bonds. The summed E-state index contributed by atoms with van der Waals surface area (Å²) in [5, 5.41) is 7.00. The second-order valence-electron chi connectivity index (χ2n) is 5.94. The molecule has 0 spiro atoms. The lowest BCUT2D eigenvalue weighted by molar-refractivity contribution is -0.117. The minimum Gasteiger partial charge on any atom is -0.339 e. The Hall–Kier alpha value is -2.06. The van der Waals surface area contributed by atoms with Gasteiger partial charge in [0, 0.05) is 31.5 Å². The van der Waals surface area contributed by atoms with Gasteiger partial charge in [0.15, 0.2) is 5.82 Å². The molecule has 1 aromatic heterocycles. The van der Waals surface area contributed by atoms with Crippen LogP contribution >= 0.6 is 12.4 Å². The van der Waals surface area contributed by atoms with E-state index < -0.39 is 11.6 Å². The zero-order valence-electron chi connectivity index (χ0n) is 13.8. The lowest BCUT2D eigenvalue weighted by atomic mass is 10.1. The fourth-order valence-electron chi connectivity index (χ4n) is 2.70. The Morgan fingerprint density at radius 1 is 1.44 bits per heavy atom. The average Bonchev–Trinajstić information content (AvgIpc) is 3.14. The van der Waals surface area contributed by atoms with Gasteiger partial charge in [-0.1, -0.05) is 5.16 Å². The fraction of sp³-hybridized carbons (Fsp3) is 0.438. The zero-order chi connectivity index (χ0) is 17.3. The molecule has 2 unspecified atom stereocenters. The Morgan fingerprint density at radius 2 is 2.20 bits per heavy atom. The molecule has 2 atom stereocenters. The van der Waals surface area contributed by atoms with E-state index in [2.05, 4.69) is 15.5 Å². The summed E-state index contributed by atoms with van der Waals surface area (Å²) in [6.07, 6.45) is 0.761. The van der Waals surface area contributed by atoms with Crippen LogP contribution in [0, 0.1) is 11.6 Å². The van der Waals surface area contributed by atoms with Crippen LogP contribution in [0.1, 0.15) is 31.0 Å². The second-order valence-corrected chi connectivity index (χ2v) is 5.94. The highest BCUT2D eigenvalue weighted by Crippen LogP contribution is 2.32. The number of carbonyl (C=O) groups excluding carboxylic acids is 1. The molecule has 0 aliphatic carbocycles. The number of hydrogen-bond acceptors (Lipinski definition) is 5. The zero-order valence-corrected chi connectivity index (χ0v) is 14.6. The summed E-state index contributed by atoms with van der Waals surface area (Å²) in [7, 11) is 1.84. The molecule has 0 saturated carbocycles. The number of nitrogens with one attached hydrogen (secondary N) is 1. The van der Waals surface area contributed by atoms with Gasteiger partial charge in [-0.05, 0) is 26.1 Å². The van der Waals surface area contributed by atoms with E-state index in [1.54, 1.807) is 0 Å². The lowest BCUT2D eigenvalue weighted by Crippen LogP contribution is -2.25. The molecule has 1 aromatic carbocycles. The molecule has 1 aliphatic rings. The molecule has 1 fully saturated rings. The predicted molar refractivity (Wildman–Crippen MR) is 89.8 cm³/mol. The Morgan fingerprint density at radius 3 is 2.88 bits per heavy atom. The third-order valence-electron chi connectivity index (χ3n) is 4.14. The average molecular weight is 373 g/mol. The number of benzene rings is 1. The van der Waals surface area contributed by atoms with Crippen molar-refractivity contribution in [3.05, 3.63) is 41.5 Å². The van der Waals surface area contributed by atoms with Gasteiger partial charge in [0.1, 0.15) is 11.6 Å². The molecule has 9 heteroatoms. The van der Waals surface area contributed by atoms with Gasteiger partial charge >= 0.3 is 0 Å². The lowest BCUT2D eigenvalue weighted by Gasteiger charge is -2.16. The van der Waals surface area contributed by atoms with Crippen molar-refractivity contribution in [2.24, 2.45) is 0 Å². The van der Waals surface area contributed by atoms with E-state index in [4.69, 9.17) is 4.52 Å². The third-order valence-corrected chi connectivity index (χ3v) is 4.14. The summed E-state index contributed by atoms with van der Waals surface area (Å²) in [6, 6.07) is 3.35. The van der Waals surface area contributed by atoms with Gasteiger partial charge in [0.05, 0.1) is 11.6 Å². The van der Waals surface area contributed by atoms with Gasteiger partial charge in [-0.25, -0.2) is 8.78 Å². The van der Waals surface area contributed by atoms with Crippen LogP contribution < -0.4 is 10.2 Å². The van der Waals surface area contributed by atoms with E-state index in [0.29, 0.717) is 18.1 Å². The van der Waals surface area contributed by atoms with E-state index >= 15 is 0 Å².